The second-order valence-electron chi connectivity index (χ2n) is 7.42. The van der Waals surface area contributed by atoms with E-state index in [2.05, 4.69) is 27.5 Å². The van der Waals surface area contributed by atoms with E-state index in [9.17, 15) is 14.0 Å². The summed E-state index contributed by atoms with van der Waals surface area (Å²) in [5, 5.41) is 5.35. The van der Waals surface area contributed by atoms with Crippen LogP contribution in [-0.2, 0) is 23.2 Å². The van der Waals surface area contributed by atoms with Crippen LogP contribution in [0.5, 0.6) is 0 Å². The number of amides is 2. The molecule has 2 amide bonds. The number of piperazine rings is 1. The van der Waals surface area contributed by atoms with E-state index >= 15 is 0 Å². The number of nitrogens with one attached hydrogen (secondary N) is 2. The molecule has 3 rings (SSSR count). The molecule has 7 nitrogen and oxygen atoms in total. The van der Waals surface area contributed by atoms with E-state index in [4.69, 9.17) is 0 Å². The van der Waals surface area contributed by atoms with E-state index in [1.54, 1.807) is 12.1 Å². The molecule has 0 radical (unpaired) electrons. The molecular weight excluding hydrogens is 373 g/mol. The molecule has 0 spiro atoms. The van der Waals surface area contributed by atoms with Crippen LogP contribution >= 0.6 is 0 Å². The first kappa shape index (κ1) is 21.0. The Morgan fingerprint density at radius 2 is 1.66 bits per heavy atom. The van der Waals surface area contributed by atoms with Gasteiger partial charge in [-0.15, -0.1) is 0 Å². The molecule has 2 aromatic rings. The number of carbonyl (C=O) groups is 2. The van der Waals surface area contributed by atoms with Crippen LogP contribution in [0.3, 0.4) is 0 Å². The minimum atomic E-state index is -0.696. The van der Waals surface area contributed by atoms with Gasteiger partial charge >= 0.3 is 11.8 Å². The third kappa shape index (κ3) is 5.65. The predicted octanol–water partition coefficient (Wildman–Crippen LogP) is 0.885. The van der Waals surface area contributed by atoms with Gasteiger partial charge in [0.25, 0.3) is 0 Å². The topological polar surface area (TPSA) is 69.6 Å². The van der Waals surface area contributed by atoms with Crippen molar-refractivity contribution in [1.82, 2.24) is 25.0 Å². The highest BCUT2D eigenvalue weighted by Crippen LogP contribution is 2.21. The lowest BCUT2D eigenvalue weighted by molar-refractivity contribution is -0.139. The number of carbonyl (C=O) groups excluding carboxylic acids is 2. The Hall–Kier alpha value is -2.71. The van der Waals surface area contributed by atoms with Gasteiger partial charge in [0, 0.05) is 58.2 Å². The smallest absolute Gasteiger partial charge is 0.309 e. The van der Waals surface area contributed by atoms with Crippen LogP contribution in [0, 0.1) is 5.82 Å². The summed E-state index contributed by atoms with van der Waals surface area (Å²) >= 11 is 0. The third-order valence-electron chi connectivity index (χ3n) is 5.33. The number of hydrogen-bond acceptors (Lipinski definition) is 4. The van der Waals surface area contributed by atoms with Crippen molar-refractivity contribution in [3.05, 3.63) is 59.7 Å². The molecule has 1 aliphatic rings. The zero-order valence-electron chi connectivity index (χ0n) is 16.9. The van der Waals surface area contributed by atoms with Gasteiger partial charge in [0.05, 0.1) is 6.04 Å². The van der Waals surface area contributed by atoms with Crippen LogP contribution in [0.1, 0.15) is 17.3 Å². The van der Waals surface area contributed by atoms with Gasteiger partial charge in [-0.1, -0.05) is 12.1 Å². The second-order valence-corrected chi connectivity index (χ2v) is 7.42. The van der Waals surface area contributed by atoms with Crippen molar-refractivity contribution in [3.63, 3.8) is 0 Å². The highest BCUT2D eigenvalue weighted by Gasteiger charge is 2.26. The summed E-state index contributed by atoms with van der Waals surface area (Å²) in [7, 11) is 4.08. The number of aryl methyl sites for hydroxylation is 1. The summed E-state index contributed by atoms with van der Waals surface area (Å²) in [6.07, 6.45) is 1.98. The maximum Gasteiger partial charge on any atom is 0.309 e. The minimum absolute atomic E-state index is 0.00227. The van der Waals surface area contributed by atoms with Gasteiger partial charge in [0.1, 0.15) is 5.82 Å². The molecule has 0 aliphatic carbocycles. The molecule has 2 heterocycles. The van der Waals surface area contributed by atoms with Crippen LogP contribution in [0.4, 0.5) is 4.39 Å². The molecule has 1 atom stereocenters. The molecule has 8 heteroatoms. The van der Waals surface area contributed by atoms with Crippen molar-refractivity contribution in [3.8, 4) is 0 Å². The zero-order valence-corrected chi connectivity index (χ0v) is 16.9. The Bertz CT molecular complexity index is 828. The predicted molar refractivity (Wildman–Crippen MR) is 108 cm³/mol. The fourth-order valence-corrected chi connectivity index (χ4v) is 3.51. The summed E-state index contributed by atoms with van der Waals surface area (Å²) in [5.41, 5.74) is 1.83. The van der Waals surface area contributed by atoms with Crippen molar-refractivity contribution in [2.45, 2.75) is 12.6 Å². The van der Waals surface area contributed by atoms with Gasteiger partial charge in [-0.25, -0.2) is 4.39 Å². The van der Waals surface area contributed by atoms with E-state index < -0.39 is 11.8 Å². The van der Waals surface area contributed by atoms with Crippen LogP contribution in [-0.4, -0.2) is 66.0 Å². The van der Waals surface area contributed by atoms with E-state index in [0.717, 1.165) is 37.4 Å². The van der Waals surface area contributed by atoms with Crippen LogP contribution in [0.25, 0.3) is 0 Å². The van der Waals surface area contributed by atoms with E-state index in [0.29, 0.717) is 6.54 Å². The Morgan fingerprint density at radius 3 is 2.28 bits per heavy atom. The Balaban J connectivity index is 1.56. The zero-order chi connectivity index (χ0) is 20.8. The van der Waals surface area contributed by atoms with E-state index in [1.807, 2.05) is 29.9 Å². The molecule has 0 unspecified atom stereocenters. The number of likely N-dealkylation sites (N-methyl/N-ethyl adjacent to an activating group) is 1. The fourth-order valence-electron chi connectivity index (χ4n) is 3.51. The maximum absolute atomic E-state index is 12.9. The third-order valence-corrected chi connectivity index (χ3v) is 5.33. The van der Waals surface area contributed by atoms with Gasteiger partial charge in [0.2, 0.25) is 0 Å². The number of benzene rings is 1. The molecule has 0 saturated carbocycles. The van der Waals surface area contributed by atoms with Crippen molar-refractivity contribution in [1.29, 1.82) is 0 Å². The average Bonchev–Trinajstić information content (AvgIpc) is 3.14. The largest absolute Gasteiger partial charge is 0.353 e. The number of rotatable bonds is 6. The fraction of sp³-hybridized carbons (Fsp3) is 0.429. The SMILES string of the molecule is CN1CCN([C@@H](CNC(=O)C(=O)NCc2ccc(F)cc2)c2cccn2C)CC1. The highest BCUT2D eigenvalue weighted by molar-refractivity contribution is 6.35. The normalized spacial score (nSPS) is 16.4. The summed E-state index contributed by atoms with van der Waals surface area (Å²) in [6, 6.07) is 9.82. The lowest BCUT2D eigenvalue weighted by Gasteiger charge is -2.38. The molecule has 1 fully saturated rings. The molecule has 1 aliphatic heterocycles. The molecular formula is C21H28FN5O2. The molecule has 1 aromatic carbocycles. The van der Waals surface area contributed by atoms with Gasteiger partial charge in [-0.2, -0.15) is 0 Å². The molecule has 1 aromatic heterocycles. The lowest BCUT2D eigenvalue weighted by Crippen LogP contribution is -2.50. The Morgan fingerprint density at radius 1 is 1.00 bits per heavy atom. The Kier molecular flexibility index (Phi) is 7.00. The molecule has 1 saturated heterocycles. The van der Waals surface area contributed by atoms with Crippen LogP contribution < -0.4 is 10.6 Å². The maximum atomic E-state index is 12.9. The number of hydrogen-bond donors (Lipinski definition) is 2. The van der Waals surface area contributed by atoms with E-state index in [1.165, 1.54) is 12.1 Å². The van der Waals surface area contributed by atoms with Gasteiger partial charge in [0.15, 0.2) is 0 Å². The summed E-state index contributed by atoms with van der Waals surface area (Å²) in [6.45, 7) is 4.26. The van der Waals surface area contributed by atoms with Crippen molar-refractivity contribution in [2.24, 2.45) is 7.05 Å². The molecule has 29 heavy (non-hydrogen) atoms. The number of aromatic nitrogens is 1. The van der Waals surface area contributed by atoms with Crippen molar-refractivity contribution < 1.29 is 14.0 Å². The van der Waals surface area contributed by atoms with Gasteiger partial charge in [-0.3, -0.25) is 14.5 Å². The summed E-state index contributed by atoms with van der Waals surface area (Å²) in [5.74, 6) is -1.70. The number of halogens is 1. The first-order chi connectivity index (χ1) is 13.9. The average molecular weight is 401 g/mol. The first-order valence-corrected chi connectivity index (χ1v) is 9.78. The monoisotopic (exact) mass is 401 g/mol. The summed E-state index contributed by atoms with van der Waals surface area (Å²) in [4.78, 5) is 29.1. The second kappa shape index (κ2) is 9.67. The van der Waals surface area contributed by atoms with Crippen LogP contribution in [0.2, 0.25) is 0 Å². The van der Waals surface area contributed by atoms with Gasteiger partial charge < -0.3 is 20.1 Å². The molecule has 156 valence electrons. The highest BCUT2D eigenvalue weighted by atomic mass is 19.1. The molecule has 2 N–H and O–H groups in total. The summed E-state index contributed by atoms with van der Waals surface area (Å²) < 4.78 is 15.0. The van der Waals surface area contributed by atoms with Crippen LogP contribution in [0.15, 0.2) is 42.6 Å². The quantitative estimate of drug-likeness (QED) is 0.706. The standard InChI is InChI=1S/C21H28FN5O2/c1-25-10-12-27(13-11-25)19(18-4-3-9-26(18)2)15-24-21(29)20(28)23-14-16-5-7-17(22)8-6-16/h3-9,19H,10-15H2,1-2H3,(H,23,28)(H,24,29)/t19-/m0/s1. The van der Waals surface area contributed by atoms with Gasteiger partial charge in [-0.05, 0) is 36.9 Å². The minimum Gasteiger partial charge on any atom is -0.353 e. The van der Waals surface area contributed by atoms with Crippen molar-refractivity contribution in [2.75, 3.05) is 39.8 Å². The molecule has 0 bridgehead atoms. The lowest BCUT2D eigenvalue weighted by atomic mass is 10.1. The van der Waals surface area contributed by atoms with Crippen molar-refractivity contribution >= 4 is 11.8 Å². The number of nitrogens with zero attached hydrogens (tertiary/aromatic N) is 3. The Labute approximate surface area is 170 Å². The van der Waals surface area contributed by atoms with E-state index in [-0.39, 0.29) is 18.4 Å². The first-order valence-electron chi connectivity index (χ1n) is 9.78.